The van der Waals surface area contributed by atoms with Crippen molar-refractivity contribution >= 4 is 34.5 Å². The van der Waals surface area contributed by atoms with E-state index in [-0.39, 0.29) is 11.4 Å². The largest absolute Gasteiger partial charge is 0.487 e. The second-order valence-electron chi connectivity index (χ2n) is 7.36. The molecule has 0 bridgehead atoms. The number of fused-ring (bicyclic) bond motifs is 1. The number of imidazole rings is 1. The van der Waals surface area contributed by atoms with Crippen LogP contribution in [-0.4, -0.2) is 52.0 Å². The number of nitro benzene ring substituents is 1. The number of aromatic nitrogens is 2. The standard InChI is InChI=1S/C21H23Cl2N5O3/c1-2-31-19-5-4-14(10-17(19)28(29)30)20-18(13-26-8-3-6-24-7-9-26)27-12-15(22)11-16(23)21(27)25-20/h4-5,10-12,24H,2-3,6-9,13H2,1H3. The first-order valence-corrected chi connectivity index (χ1v) is 10.9. The van der Waals surface area contributed by atoms with E-state index in [1.165, 1.54) is 6.07 Å². The summed E-state index contributed by atoms with van der Waals surface area (Å²) in [4.78, 5) is 18.3. The van der Waals surface area contributed by atoms with Crippen molar-refractivity contribution in [1.82, 2.24) is 19.6 Å². The van der Waals surface area contributed by atoms with E-state index in [0.29, 0.717) is 40.1 Å². The van der Waals surface area contributed by atoms with E-state index in [1.807, 2.05) is 4.40 Å². The van der Waals surface area contributed by atoms with Gasteiger partial charge in [0.25, 0.3) is 0 Å². The average Bonchev–Trinajstić information content (AvgIpc) is 2.91. The number of pyridine rings is 1. The lowest BCUT2D eigenvalue weighted by atomic mass is 10.1. The second kappa shape index (κ2) is 9.40. The maximum absolute atomic E-state index is 11.6. The molecule has 1 aliphatic rings. The van der Waals surface area contributed by atoms with Gasteiger partial charge in [-0.15, -0.1) is 0 Å². The van der Waals surface area contributed by atoms with Crippen LogP contribution in [0.3, 0.4) is 0 Å². The minimum absolute atomic E-state index is 0.0922. The number of nitro groups is 1. The summed E-state index contributed by atoms with van der Waals surface area (Å²) in [5, 5.41) is 16.0. The van der Waals surface area contributed by atoms with Crippen LogP contribution in [0.2, 0.25) is 10.0 Å². The third-order valence-corrected chi connectivity index (χ3v) is 5.76. The number of nitrogens with zero attached hydrogens (tertiary/aromatic N) is 4. The number of hydrogen-bond donors (Lipinski definition) is 1. The fourth-order valence-corrected chi connectivity index (χ4v) is 4.37. The smallest absolute Gasteiger partial charge is 0.311 e. The van der Waals surface area contributed by atoms with Gasteiger partial charge in [0.15, 0.2) is 11.4 Å². The first-order valence-electron chi connectivity index (χ1n) is 10.2. The Morgan fingerprint density at radius 2 is 2.10 bits per heavy atom. The van der Waals surface area contributed by atoms with E-state index in [9.17, 15) is 10.1 Å². The van der Waals surface area contributed by atoms with Gasteiger partial charge in [-0.05, 0) is 44.6 Å². The van der Waals surface area contributed by atoms with E-state index in [1.54, 1.807) is 31.3 Å². The molecule has 0 amide bonds. The molecule has 0 saturated carbocycles. The molecule has 1 N–H and O–H groups in total. The van der Waals surface area contributed by atoms with Gasteiger partial charge in [-0.25, -0.2) is 4.98 Å². The lowest BCUT2D eigenvalue weighted by molar-refractivity contribution is -0.385. The number of rotatable bonds is 6. The highest BCUT2D eigenvalue weighted by Gasteiger charge is 2.23. The summed E-state index contributed by atoms with van der Waals surface area (Å²) in [5.74, 6) is 0.237. The van der Waals surface area contributed by atoms with E-state index in [2.05, 4.69) is 10.2 Å². The molecule has 0 spiro atoms. The Kier molecular flexibility index (Phi) is 6.62. The van der Waals surface area contributed by atoms with Crippen LogP contribution in [0.15, 0.2) is 30.5 Å². The molecule has 0 aliphatic carbocycles. The molecule has 10 heteroatoms. The summed E-state index contributed by atoms with van der Waals surface area (Å²) < 4.78 is 7.32. The van der Waals surface area contributed by atoms with Crippen molar-refractivity contribution < 1.29 is 9.66 Å². The highest BCUT2D eigenvalue weighted by molar-refractivity contribution is 6.36. The van der Waals surface area contributed by atoms with Gasteiger partial charge in [-0.3, -0.25) is 19.4 Å². The Bertz CT molecular complexity index is 1110. The zero-order chi connectivity index (χ0) is 22.0. The van der Waals surface area contributed by atoms with Gasteiger partial charge in [0.2, 0.25) is 0 Å². The third-order valence-electron chi connectivity index (χ3n) is 5.28. The molecule has 1 aromatic carbocycles. The highest BCUT2D eigenvalue weighted by atomic mass is 35.5. The van der Waals surface area contributed by atoms with Crippen LogP contribution in [-0.2, 0) is 6.54 Å². The molecule has 1 aliphatic heterocycles. The van der Waals surface area contributed by atoms with Crippen LogP contribution in [0.4, 0.5) is 5.69 Å². The molecule has 1 fully saturated rings. The molecule has 4 rings (SSSR count). The molecule has 2 aromatic heterocycles. The number of halogens is 2. The zero-order valence-corrected chi connectivity index (χ0v) is 18.6. The summed E-state index contributed by atoms with van der Waals surface area (Å²) >= 11 is 12.7. The fraction of sp³-hybridized carbons (Fsp3) is 0.381. The quantitative estimate of drug-likeness (QED) is 0.430. The Hall–Kier alpha value is -2.39. The molecule has 8 nitrogen and oxygen atoms in total. The summed E-state index contributed by atoms with van der Waals surface area (Å²) in [6.45, 7) is 6.48. The fourth-order valence-electron chi connectivity index (χ4n) is 3.86. The molecule has 3 aromatic rings. The third kappa shape index (κ3) is 4.62. The Labute approximate surface area is 189 Å². The van der Waals surface area contributed by atoms with Crippen molar-refractivity contribution in [3.8, 4) is 17.0 Å². The van der Waals surface area contributed by atoms with Gasteiger partial charge in [-0.2, -0.15) is 0 Å². The van der Waals surface area contributed by atoms with Crippen molar-refractivity contribution in [1.29, 1.82) is 0 Å². The van der Waals surface area contributed by atoms with E-state index < -0.39 is 4.92 Å². The van der Waals surface area contributed by atoms with Gasteiger partial charge < -0.3 is 10.1 Å². The Morgan fingerprint density at radius 3 is 2.87 bits per heavy atom. The number of nitrogens with one attached hydrogen (secondary N) is 1. The van der Waals surface area contributed by atoms with Crippen molar-refractivity contribution in [2.45, 2.75) is 19.9 Å². The number of ether oxygens (including phenoxy) is 1. The van der Waals surface area contributed by atoms with Crippen molar-refractivity contribution in [2.24, 2.45) is 0 Å². The maximum atomic E-state index is 11.6. The van der Waals surface area contributed by atoms with Gasteiger partial charge in [0, 0.05) is 37.5 Å². The number of benzene rings is 1. The van der Waals surface area contributed by atoms with Crippen molar-refractivity contribution in [3.63, 3.8) is 0 Å². The first kappa shape index (κ1) is 21.8. The van der Waals surface area contributed by atoms with Crippen LogP contribution >= 0.6 is 23.2 Å². The predicted molar refractivity (Wildman–Crippen MR) is 121 cm³/mol. The lowest BCUT2D eigenvalue weighted by Crippen LogP contribution is -2.28. The minimum atomic E-state index is -0.436. The summed E-state index contributed by atoms with van der Waals surface area (Å²) in [6, 6.07) is 6.57. The normalized spacial score (nSPS) is 15.2. The van der Waals surface area contributed by atoms with Gasteiger partial charge in [0.05, 0.1) is 33.0 Å². The summed E-state index contributed by atoms with van der Waals surface area (Å²) in [7, 11) is 0. The van der Waals surface area contributed by atoms with Crippen LogP contribution < -0.4 is 10.1 Å². The van der Waals surface area contributed by atoms with Gasteiger partial charge in [0.1, 0.15) is 0 Å². The Balaban J connectivity index is 1.86. The van der Waals surface area contributed by atoms with E-state index >= 15 is 0 Å². The van der Waals surface area contributed by atoms with E-state index in [0.717, 1.165) is 38.3 Å². The summed E-state index contributed by atoms with van der Waals surface area (Å²) in [5.41, 5.74) is 2.65. The van der Waals surface area contributed by atoms with Crippen molar-refractivity contribution in [2.75, 3.05) is 32.8 Å². The van der Waals surface area contributed by atoms with E-state index in [4.69, 9.17) is 32.9 Å². The molecule has 164 valence electrons. The average molecular weight is 464 g/mol. The topological polar surface area (TPSA) is 84.9 Å². The van der Waals surface area contributed by atoms with Crippen molar-refractivity contribution in [3.05, 3.63) is 56.3 Å². The van der Waals surface area contributed by atoms with Crippen LogP contribution in [0.1, 0.15) is 19.0 Å². The maximum Gasteiger partial charge on any atom is 0.311 e. The molecule has 0 unspecified atom stereocenters. The minimum Gasteiger partial charge on any atom is -0.487 e. The highest BCUT2D eigenvalue weighted by Crippen LogP contribution is 2.35. The molecule has 0 atom stereocenters. The van der Waals surface area contributed by atoms with Gasteiger partial charge in [-0.1, -0.05) is 23.2 Å². The van der Waals surface area contributed by atoms with Crippen LogP contribution in [0, 0.1) is 10.1 Å². The molecular formula is C21H23Cl2N5O3. The molecular weight excluding hydrogens is 441 g/mol. The molecule has 31 heavy (non-hydrogen) atoms. The monoisotopic (exact) mass is 463 g/mol. The number of hydrogen-bond acceptors (Lipinski definition) is 6. The lowest BCUT2D eigenvalue weighted by Gasteiger charge is -2.20. The Morgan fingerprint density at radius 1 is 1.26 bits per heavy atom. The molecule has 3 heterocycles. The second-order valence-corrected chi connectivity index (χ2v) is 8.20. The predicted octanol–water partition coefficient (Wildman–Crippen LogP) is 4.41. The molecule has 1 saturated heterocycles. The zero-order valence-electron chi connectivity index (χ0n) is 17.1. The van der Waals surface area contributed by atoms with Crippen LogP contribution in [0.5, 0.6) is 5.75 Å². The van der Waals surface area contributed by atoms with Crippen LogP contribution in [0.25, 0.3) is 16.9 Å². The summed E-state index contributed by atoms with van der Waals surface area (Å²) in [6.07, 6.45) is 2.83. The SMILES string of the molecule is CCOc1ccc(-c2nc3c(Cl)cc(Cl)cn3c2CN2CCCNCC2)cc1[N+](=O)[O-]. The van der Waals surface area contributed by atoms with Gasteiger partial charge >= 0.3 is 5.69 Å². The first-order chi connectivity index (χ1) is 15.0. The molecule has 0 radical (unpaired) electrons.